The Labute approximate surface area is 131 Å². The van der Waals surface area contributed by atoms with E-state index in [1.165, 1.54) is 25.2 Å². The van der Waals surface area contributed by atoms with Crippen LogP contribution in [0.3, 0.4) is 0 Å². The number of aromatic nitrogens is 3. The van der Waals surface area contributed by atoms with E-state index in [0.717, 1.165) is 22.6 Å². The zero-order valence-corrected chi connectivity index (χ0v) is 13.7. The fraction of sp³-hybridized carbons (Fsp3) is 0.385. The summed E-state index contributed by atoms with van der Waals surface area (Å²) >= 11 is 1.41. The number of fused-ring (bicyclic) bond motifs is 3. The number of aryl methyl sites for hydroxylation is 1. The Balaban J connectivity index is 2.27. The molecule has 1 amide bonds. The monoisotopic (exact) mass is 338 g/mol. The van der Waals surface area contributed by atoms with Crippen LogP contribution in [-0.4, -0.2) is 35.0 Å². The van der Waals surface area contributed by atoms with Crippen LogP contribution in [0.25, 0.3) is 10.6 Å². The van der Waals surface area contributed by atoms with Crippen LogP contribution in [0, 0.1) is 0 Å². The lowest BCUT2D eigenvalue weighted by molar-refractivity contribution is -0.114. The van der Waals surface area contributed by atoms with Crippen LogP contribution in [0.15, 0.2) is 10.7 Å². The maximum Gasteiger partial charge on any atom is 0.249 e. The van der Waals surface area contributed by atoms with Crippen molar-refractivity contribution < 1.29 is 13.2 Å². The fourth-order valence-electron chi connectivity index (χ4n) is 2.31. The van der Waals surface area contributed by atoms with Crippen LogP contribution in [-0.2, 0) is 27.5 Å². The minimum Gasteiger partial charge on any atom is -0.311 e. The molecule has 2 aromatic heterocycles. The van der Waals surface area contributed by atoms with Crippen molar-refractivity contribution >= 4 is 32.9 Å². The first kappa shape index (κ1) is 15.0. The second-order valence-corrected chi connectivity index (χ2v) is 7.92. The molecule has 0 aromatic carbocycles. The van der Waals surface area contributed by atoms with Gasteiger partial charge in [-0.1, -0.05) is 6.92 Å². The summed E-state index contributed by atoms with van der Waals surface area (Å²) in [7, 11) is -3.56. The van der Waals surface area contributed by atoms with Crippen molar-refractivity contribution in [3.63, 3.8) is 0 Å². The maximum absolute atomic E-state index is 12.1. The highest BCUT2D eigenvalue weighted by Crippen LogP contribution is 2.37. The molecule has 2 aromatic rings. The largest absolute Gasteiger partial charge is 0.311 e. The first-order chi connectivity index (χ1) is 10.4. The number of hydrogen-bond donors (Lipinski definition) is 1. The van der Waals surface area contributed by atoms with E-state index >= 15 is 0 Å². The van der Waals surface area contributed by atoms with Gasteiger partial charge in [-0.2, -0.15) is 0 Å². The molecule has 0 radical (unpaired) electrons. The molecule has 22 heavy (non-hydrogen) atoms. The number of sulfone groups is 1. The Morgan fingerprint density at radius 3 is 2.82 bits per heavy atom. The van der Waals surface area contributed by atoms with Gasteiger partial charge < -0.3 is 5.32 Å². The second kappa shape index (κ2) is 5.40. The van der Waals surface area contributed by atoms with Crippen molar-refractivity contribution in [3.8, 4) is 10.6 Å². The average Bonchev–Trinajstić information content (AvgIpc) is 2.95. The van der Waals surface area contributed by atoms with Gasteiger partial charge in [0.05, 0.1) is 27.5 Å². The summed E-state index contributed by atoms with van der Waals surface area (Å²) in [5, 5.41) is 2.37. The Hall–Kier alpha value is -1.87. The zero-order valence-electron chi connectivity index (χ0n) is 12.1. The third kappa shape index (κ3) is 2.50. The normalized spacial score (nSPS) is 13.4. The third-order valence-corrected chi connectivity index (χ3v) is 5.78. The van der Waals surface area contributed by atoms with Gasteiger partial charge in [-0.25, -0.2) is 23.4 Å². The van der Waals surface area contributed by atoms with Gasteiger partial charge in [0.2, 0.25) is 20.9 Å². The number of carbonyl (C=O) groups is 1. The molecule has 0 spiro atoms. The predicted molar refractivity (Wildman–Crippen MR) is 82.6 cm³/mol. The molecule has 0 saturated carbocycles. The molecule has 3 rings (SSSR count). The van der Waals surface area contributed by atoms with Crippen LogP contribution in [0.5, 0.6) is 0 Å². The molecular formula is C13H14N4O3S2. The third-order valence-electron chi connectivity index (χ3n) is 3.41. The summed E-state index contributed by atoms with van der Waals surface area (Å²) in [4.78, 5) is 24.9. The minimum atomic E-state index is -3.56. The highest BCUT2D eigenvalue weighted by atomic mass is 32.2. The molecule has 0 atom stereocenters. The number of thiazole rings is 1. The molecule has 1 aliphatic carbocycles. The lowest BCUT2D eigenvalue weighted by Crippen LogP contribution is -2.18. The Bertz CT molecular complexity index is 858. The highest BCUT2D eigenvalue weighted by Gasteiger charge is 2.28. The molecule has 0 bridgehead atoms. The molecule has 7 nitrogen and oxygen atoms in total. The summed E-state index contributed by atoms with van der Waals surface area (Å²) in [6, 6.07) is 0. The fourth-order valence-corrected chi connectivity index (χ4v) is 3.89. The molecule has 0 saturated heterocycles. The van der Waals surface area contributed by atoms with Crippen LogP contribution < -0.4 is 5.32 Å². The Kier molecular flexibility index (Phi) is 3.69. The summed E-state index contributed by atoms with van der Waals surface area (Å²) < 4.78 is 24.3. The van der Waals surface area contributed by atoms with Crippen molar-refractivity contribution in [3.05, 3.63) is 16.8 Å². The topological polar surface area (TPSA) is 102 Å². The van der Waals surface area contributed by atoms with Gasteiger partial charge in [0.15, 0.2) is 0 Å². The number of hydrogen-bond acceptors (Lipinski definition) is 7. The van der Waals surface area contributed by atoms with E-state index in [1.54, 1.807) is 5.51 Å². The van der Waals surface area contributed by atoms with Gasteiger partial charge in [-0.3, -0.25) is 4.79 Å². The second-order valence-electron chi connectivity index (χ2n) is 4.89. The standard InChI is InChI=1S/C13H14N4O3S2/c1-3-22(19,20)13-16-10-8(12(17-13)15-7(2)18)4-5-9-11(10)21-6-14-9/h6H,3-5H2,1-2H3,(H,15,16,17,18). The van der Waals surface area contributed by atoms with Gasteiger partial charge in [0.25, 0.3) is 0 Å². The number of anilines is 1. The molecule has 1 N–H and O–H groups in total. The van der Waals surface area contributed by atoms with Gasteiger partial charge >= 0.3 is 0 Å². The van der Waals surface area contributed by atoms with Gasteiger partial charge in [0, 0.05) is 12.5 Å². The molecule has 0 unspecified atom stereocenters. The summed E-state index contributed by atoms with van der Waals surface area (Å²) in [6.45, 7) is 2.90. The van der Waals surface area contributed by atoms with Crippen LogP contribution in [0.4, 0.5) is 5.82 Å². The Morgan fingerprint density at radius 1 is 1.36 bits per heavy atom. The molecule has 0 aliphatic heterocycles. The predicted octanol–water partition coefficient (Wildman–Crippen LogP) is 1.45. The van der Waals surface area contributed by atoms with E-state index in [2.05, 4.69) is 20.3 Å². The van der Waals surface area contributed by atoms with E-state index < -0.39 is 9.84 Å². The van der Waals surface area contributed by atoms with E-state index in [1.807, 2.05) is 0 Å². The van der Waals surface area contributed by atoms with Crippen molar-refractivity contribution in [2.24, 2.45) is 0 Å². The highest BCUT2D eigenvalue weighted by molar-refractivity contribution is 7.91. The lowest BCUT2D eigenvalue weighted by Gasteiger charge is -2.18. The molecule has 1 aliphatic rings. The summed E-state index contributed by atoms with van der Waals surface area (Å²) in [6.07, 6.45) is 1.34. The number of rotatable bonds is 3. The average molecular weight is 338 g/mol. The minimum absolute atomic E-state index is 0.0964. The van der Waals surface area contributed by atoms with Crippen LogP contribution in [0.2, 0.25) is 0 Å². The van der Waals surface area contributed by atoms with Crippen molar-refractivity contribution in [1.29, 1.82) is 0 Å². The smallest absolute Gasteiger partial charge is 0.249 e. The molecular weight excluding hydrogens is 324 g/mol. The van der Waals surface area contributed by atoms with Crippen LogP contribution >= 0.6 is 11.3 Å². The first-order valence-corrected chi connectivity index (χ1v) is 9.29. The quantitative estimate of drug-likeness (QED) is 0.850. The van der Waals surface area contributed by atoms with E-state index in [4.69, 9.17) is 0 Å². The molecule has 9 heteroatoms. The number of carbonyl (C=O) groups excluding carboxylic acids is 1. The lowest BCUT2D eigenvalue weighted by atomic mass is 9.98. The van der Waals surface area contributed by atoms with E-state index in [9.17, 15) is 13.2 Å². The number of nitrogens with zero attached hydrogens (tertiary/aromatic N) is 3. The molecule has 2 heterocycles. The molecule has 0 fully saturated rings. The van der Waals surface area contributed by atoms with Crippen LogP contribution in [0.1, 0.15) is 25.1 Å². The SMILES string of the molecule is CCS(=O)(=O)c1nc(NC(C)=O)c2c(n1)-c1scnc1CC2. The van der Waals surface area contributed by atoms with Gasteiger partial charge in [-0.05, 0) is 12.8 Å². The van der Waals surface area contributed by atoms with Crippen molar-refractivity contribution in [2.75, 3.05) is 11.1 Å². The number of nitrogens with one attached hydrogen (secondary N) is 1. The zero-order chi connectivity index (χ0) is 15.9. The molecule has 116 valence electrons. The first-order valence-electron chi connectivity index (χ1n) is 6.76. The van der Waals surface area contributed by atoms with E-state index in [0.29, 0.717) is 12.1 Å². The van der Waals surface area contributed by atoms with Crippen molar-refractivity contribution in [2.45, 2.75) is 31.8 Å². The van der Waals surface area contributed by atoms with Gasteiger partial charge in [-0.15, -0.1) is 11.3 Å². The number of amides is 1. The van der Waals surface area contributed by atoms with E-state index in [-0.39, 0.29) is 22.6 Å². The van der Waals surface area contributed by atoms with Gasteiger partial charge in [0.1, 0.15) is 5.82 Å². The summed E-state index contributed by atoms with van der Waals surface area (Å²) in [5.74, 6) is -0.111. The van der Waals surface area contributed by atoms with Crippen molar-refractivity contribution in [1.82, 2.24) is 15.0 Å². The summed E-state index contributed by atoms with van der Waals surface area (Å²) in [5.41, 5.74) is 3.95. The maximum atomic E-state index is 12.1. The Morgan fingerprint density at radius 2 is 2.14 bits per heavy atom.